The third kappa shape index (κ3) is 3.71. The van der Waals surface area contributed by atoms with Gasteiger partial charge in [-0.05, 0) is 43.0 Å². The van der Waals surface area contributed by atoms with Gasteiger partial charge in [0.15, 0.2) is 0 Å². The van der Waals surface area contributed by atoms with E-state index in [-0.39, 0.29) is 0 Å². The second-order valence-electron chi connectivity index (χ2n) is 5.22. The first-order chi connectivity index (χ1) is 9.20. The van der Waals surface area contributed by atoms with Crippen LogP contribution in [-0.4, -0.2) is 4.57 Å². The zero-order chi connectivity index (χ0) is 13.7. The molecule has 0 saturated heterocycles. The minimum atomic E-state index is 0.385. The molecule has 0 amide bonds. The Labute approximate surface area is 116 Å². The lowest BCUT2D eigenvalue weighted by molar-refractivity contribution is 0.571. The molecule has 0 bridgehead atoms. The Bertz CT molecular complexity index is 513. The Kier molecular flexibility index (Phi) is 4.80. The Morgan fingerprint density at radius 1 is 1.21 bits per heavy atom. The van der Waals surface area contributed by atoms with Gasteiger partial charge in [0.25, 0.3) is 0 Å². The van der Waals surface area contributed by atoms with Crippen LogP contribution in [0.2, 0.25) is 0 Å². The van der Waals surface area contributed by atoms with Crippen LogP contribution in [0.4, 0.5) is 0 Å². The van der Waals surface area contributed by atoms with Crippen LogP contribution in [0.1, 0.15) is 43.0 Å². The fourth-order valence-electron chi connectivity index (χ4n) is 2.45. The SMILES string of the molecule is CCCn1ccc(CN[C@@H](C)c2ccccc2C)c1. The monoisotopic (exact) mass is 256 g/mol. The van der Waals surface area contributed by atoms with E-state index >= 15 is 0 Å². The number of nitrogens with zero attached hydrogens (tertiary/aromatic N) is 1. The molecule has 102 valence electrons. The number of aryl methyl sites for hydroxylation is 2. The molecule has 0 spiro atoms. The number of nitrogens with one attached hydrogen (secondary N) is 1. The summed E-state index contributed by atoms with van der Waals surface area (Å²) in [7, 11) is 0. The van der Waals surface area contributed by atoms with E-state index in [2.05, 4.69) is 73.4 Å². The highest BCUT2D eigenvalue weighted by Gasteiger charge is 2.07. The molecule has 0 radical (unpaired) electrons. The molecule has 1 heterocycles. The minimum Gasteiger partial charge on any atom is -0.354 e. The van der Waals surface area contributed by atoms with Crippen LogP contribution in [0.25, 0.3) is 0 Å². The van der Waals surface area contributed by atoms with Crippen molar-refractivity contribution in [3.8, 4) is 0 Å². The fraction of sp³-hybridized carbons (Fsp3) is 0.412. The van der Waals surface area contributed by atoms with E-state index in [0.29, 0.717) is 6.04 Å². The fourth-order valence-corrected chi connectivity index (χ4v) is 2.45. The van der Waals surface area contributed by atoms with Gasteiger partial charge in [0.05, 0.1) is 0 Å². The van der Waals surface area contributed by atoms with E-state index in [0.717, 1.165) is 13.1 Å². The first-order valence-electron chi connectivity index (χ1n) is 7.14. The summed E-state index contributed by atoms with van der Waals surface area (Å²) in [5, 5.41) is 3.60. The molecule has 0 aliphatic carbocycles. The molecule has 2 rings (SSSR count). The van der Waals surface area contributed by atoms with Crippen molar-refractivity contribution in [3.05, 3.63) is 59.4 Å². The Morgan fingerprint density at radius 2 is 2.00 bits per heavy atom. The lowest BCUT2D eigenvalue weighted by atomic mass is 10.0. The van der Waals surface area contributed by atoms with Crippen LogP contribution >= 0.6 is 0 Å². The van der Waals surface area contributed by atoms with Crippen LogP contribution in [0.15, 0.2) is 42.7 Å². The molecule has 2 nitrogen and oxygen atoms in total. The molecule has 0 saturated carbocycles. The summed E-state index contributed by atoms with van der Waals surface area (Å²) in [4.78, 5) is 0. The molecule has 2 heteroatoms. The molecular formula is C17H24N2. The van der Waals surface area contributed by atoms with Gasteiger partial charge in [0.2, 0.25) is 0 Å². The quantitative estimate of drug-likeness (QED) is 0.825. The summed E-state index contributed by atoms with van der Waals surface area (Å²) in [6, 6.07) is 11.2. The predicted octanol–water partition coefficient (Wildman–Crippen LogP) is 4.06. The number of rotatable bonds is 6. The molecule has 1 atom stereocenters. The van der Waals surface area contributed by atoms with Gasteiger partial charge < -0.3 is 9.88 Å². The minimum absolute atomic E-state index is 0.385. The second-order valence-corrected chi connectivity index (χ2v) is 5.22. The lowest BCUT2D eigenvalue weighted by Crippen LogP contribution is -2.18. The van der Waals surface area contributed by atoms with Crippen molar-refractivity contribution < 1.29 is 0 Å². The highest BCUT2D eigenvalue weighted by Crippen LogP contribution is 2.17. The van der Waals surface area contributed by atoms with E-state index < -0.39 is 0 Å². The molecule has 0 aliphatic heterocycles. The van der Waals surface area contributed by atoms with E-state index in [4.69, 9.17) is 0 Å². The summed E-state index contributed by atoms with van der Waals surface area (Å²) in [5.74, 6) is 0. The zero-order valence-corrected chi connectivity index (χ0v) is 12.2. The van der Waals surface area contributed by atoms with Crippen molar-refractivity contribution in [1.82, 2.24) is 9.88 Å². The van der Waals surface area contributed by atoms with Gasteiger partial charge in [-0.3, -0.25) is 0 Å². The first-order valence-corrected chi connectivity index (χ1v) is 7.14. The van der Waals surface area contributed by atoms with Gasteiger partial charge in [-0.15, -0.1) is 0 Å². The van der Waals surface area contributed by atoms with Crippen molar-refractivity contribution >= 4 is 0 Å². The smallest absolute Gasteiger partial charge is 0.0297 e. The summed E-state index contributed by atoms with van der Waals surface area (Å²) in [6.07, 6.45) is 5.58. The van der Waals surface area contributed by atoms with Crippen molar-refractivity contribution in [2.45, 2.75) is 46.3 Å². The average Bonchev–Trinajstić information content (AvgIpc) is 2.85. The average molecular weight is 256 g/mol. The van der Waals surface area contributed by atoms with Crippen LogP contribution in [-0.2, 0) is 13.1 Å². The molecule has 1 aromatic heterocycles. The molecule has 0 fully saturated rings. The Morgan fingerprint density at radius 3 is 2.74 bits per heavy atom. The van der Waals surface area contributed by atoms with E-state index in [1.165, 1.54) is 23.1 Å². The topological polar surface area (TPSA) is 17.0 Å². The van der Waals surface area contributed by atoms with Gasteiger partial charge in [-0.1, -0.05) is 31.2 Å². The first kappa shape index (κ1) is 13.9. The molecule has 19 heavy (non-hydrogen) atoms. The molecule has 0 aliphatic rings. The van der Waals surface area contributed by atoms with Crippen molar-refractivity contribution in [1.29, 1.82) is 0 Å². The molecule has 1 aromatic carbocycles. The highest BCUT2D eigenvalue weighted by molar-refractivity contribution is 5.28. The van der Waals surface area contributed by atoms with Gasteiger partial charge >= 0.3 is 0 Å². The van der Waals surface area contributed by atoms with Gasteiger partial charge in [-0.25, -0.2) is 0 Å². The molecule has 0 unspecified atom stereocenters. The van der Waals surface area contributed by atoms with Crippen LogP contribution in [0.3, 0.4) is 0 Å². The van der Waals surface area contributed by atoms with Gasteiger partial charge in [-0.2, -0.15) is 0 Å². The van der Waals surface area contributed by atoms with E-state index in [9.17, 15) is 0 Å². The number of hydrogen-bond acceptors (Lipinski definition) is 1. The maximum Gasteiger partial charge on any atom is 0.0297 e. The Balaban J connectivity index is 1.92. The van der Waals surface area contributed by atoms with Crippen molar-refractivity contribution in [2.75, 3.05) is 0 Å². The summed E-state index contributed by atoms with van der Waals surface area (Å²) < 4.78 is 2.26. The predicted molar refractivity (Wildman–Crippen MR) is 81.2 cm³/mol. The van der Waals surface area contributed by atoms with Crippen LogP contribution in [0.5, 0.6) is 0 Å². The third-order valence-electron chi connectivity index (χ3n) is 3.56. The third-order valence-corrected chi connectivity index (χ3v) is 3.56. The van der Waals surface area contributed by atoms with Gasteiger partial charge in [0.1, 0.15) is 0 Å². The number of benzene rings is 1. The number of aromatic nitrogens is 1. The zero-order valence-electron chi connectivity index (χ0n) is 12.2. The van der Waals surface area contributed by atoms with Crippen LogP contribution < -0.4 is 5.32 Å². The standard InChI is InChI=1S/C17H24N2/c1-4-10-19-11-9-16(13-19)12-18-15(3)17-8-6-5-7-14(17)2/h5-9,11,13,15,18H,4,10,12H2,1-3H3/t15-/m0/s1. The van der Waals surface area contributed by atoms with E-state index in [1.54, 1.807) is 0 Å². The maximum atomic E-state index is 3.60. The maximum absolute atomic E-state index is 3.60. The van der Waals surface area contributed by atoms with Crippen LogP contribution in [0, 0.1) is 6.92 Å². The summed E-state index contributed by atoms with van der Waals surface area (Å²) in [6.45, 7) is 8.63. The van der Waals surface area contributed by atoms with E-state index in [1.807, 2.05) is 0 Å². The van der Waals surface area contributed by atoms with Crippen molar-refractivity contribution in [3.63, 3.8) is 0 Å². The normalized spacial score (nSPS) is 12.6. The molecular weight excluding hydrogens is 232 g/mol. The summed E-state index contributed by atoms with van der Waals surface area (Å²) in [5.41, 5.74) is 4.09. The molecule has 2 aromatic rings. The lowest BCUT2D eigenvalue weighted by Gasteiger charge is -2.16. The van der Waals surface area contributed by atoms with Gasteiger partial charge in [0, 0.05) is 31.5 Å². The largest absolute Gasteiger partial charge is 0.354 e. The summed E-state index contributed by atoms with van der Waals surface area (Å²) >= 11 is 0. The number of hydrogen-bond donors (Lipinski definition) is 1. The Hall–Kier alpha value is -1.54. The highest BCUT2D eigenvalue weighted by atomic mass is 14.9. The van der Waals surface area contributed by atoms with Crippen molar-refractivity contribution in [2.24, 2.45) is 0 Å². The molecule has 1 N–H and O–H groups in total. The second kappa shape index (κ2) is 6.58.